The van der Waals surface area contributed by atoms with Gasteiger partial charge >= 0.3 is 0 Å². The summed E-state index contributed by atoms with van der Waals surface area (Å²) in [6, 6.07) is 0.459. The van der Waals surface area contributed by atoms with Gasteiger partial charge in [-0.2, -0.15) is 0 Å². The van der Waals surface area contributed by atoms with Gasteiger partial charge in [-0.25, -0.2) is 4.98 Å². The van der Waals surface area contributed by atoms with Crippen molar-refractivity contribution in [2.45, 2.75) is 48.5 Å². The molecule has 2 aliphatic rings. The molecule has 0 amide bonds. The number of oxazole rings is 1. The smallest absolute Gasteiger partial charge is 0.255 e. The van der Waals surface area contributed by atoms with E-state index in [9.17, 15) is 0 Å². The molecule has 2 unspecified atom stereocenters. The minimum atomic E-state index is -0.365. The Morgan fingerprint density at radius 2 is 2.32 bits per heavy atom. The van der Waals surface area contributed by atoms with E-state index in [-0.39, 0.29) is 5.79 Å². The molecular formula is C13H20N2O3S. The first-order chi connectivity index (χ1) is 9.31. The summed E-state index contributed by atoms with van der Waals surface area (Å²) in [5.74, 6) is -0.365. The molecule has 5 nitrogen and oxygen atoms in total. The van der Waals surface area contributed by atoms with Crippen molar-refractivity contribution >= 4 is 11.8 Å². The van der Waals surface area contributed by atoms with Gasteiger partial charge in [-0.05, 0) is 13.0 Å². The topological polar surface area (TPSA) is 56.5 Å². The van der Waals surface area contributed by atoms with E-state index in [0.717, 1.165) is 31.0 Å². The largest absolute Gasteiger partial charge is 0.440 e. The minimum Gasteiger partial charge on any atom is -0.440 e. The molecule has 1 N–H and O–H groups in total. The van der Waals surface area contributed by atoms with Crippen molar-refractivity contribution in [1.29, 1.82) is 0 Å². The van der Waals surface area contributed by atoms with Crippen LogP contribution < -0.4 is 5.32 Å². The minimum absolute atomic E-state index is 0.365. The second-order valence-electron chi connectivity index (χ2n) is 4.97. The molecule has 6 heteroatoms. The van der Waals surface area contributed by atoms with Crippen LogP contribution in [0, 0.1) is 0 Å². The van der Waals surface area contributed by atoms with E-state index >= 15 is 0 Å². The average Bonchev–Trinajstić information content (AvgIpc) is 3.06. The summed E-state index contributed by atoms with van der Waals surface area (Å²) in [7, 11) is 0. The maximum absolute atomic E-state index is 5.84. The lowest BCUT2D eigenvalue weighted by molar-refractivity contribution is -0.178. The number of nitrogens with one attached hydrogen (secondary N) is 1. The molecule has 2 atom stereocenters. The van der Waals surface area contributed by atoms with Gasteiger partial charge in [-0.1, -0.05) is 18.7 Å². The first kappa shape index (κ1) is 13.4. The molecule has 0 aromatic carbocycles. The number of rotatable bonds is 4. The Labute approximate surface area is 117 Å². The molecular weight excluding hydrogens is 264 g/mol. The molecule has 1 saturated carbocycles. The van der Waals surface area contributed by atoms with E-state index in [2.05, 4.69) is 17.2 Å². The molecule has 1 aromatic heterocycles. The van der Waals surface area contributed by atoms with Gasteiger partial charge in [-0.3, -0.25) is 0 Å². The highest BCUT2D eigenvalue weighted by atomic mass is 32.2. The first-order valence-corrected chi connectivity index (χ1v) is 7.77. The summed E-state index contributed by atoms with van der Waals surface area (Å²) in [6.07, 6.45) is 6.22. The van der Waals surface area contributed by atoms with Gasteiger partial charge < -0.3 is 19.2 Å². The molecule has 1 aromatic rings. The van der Waals surface area contributed by atoms with Crippen LogP contribution in [0.4, 0.5) is 0 Å². The second-order valence-corrected chi connectivity index (χ2v) is 6.16. The molecule has 3 rings (SSSR count). The van der Waals surface area contributed by atoms with Crippen molar-refractivity contribution in [2.75, 3.05) is 19.8 Å². The van der Waals surface area contributed by atoms with Crippen LogP contribution in [0.1, 0.15) is 26.2 Å². The van der Waals surface area contributed by atoms with E-state index in [4.69, 9.17) is 13.9 Å². The molecule has 1 aliphatic heterocycles. The Hall–Kier alpha value is -0.560. The van der Waals surface area contributed by atoms with Gasteiger partial charge in [0.25, 0.3) is 5.22 Å². The lowest BCUT2D eigenvalue weighted by Crippen LogP contribution is -2.49. The summed E-state index contributed by atoms with van der Waals surface area (Å²) >= 11 is 1.68. The Balaban J connectivity index is 1.70. The third-order valence-electron chi connectivity index (χ3n) is 3.74. The van der Waals surface area contributed by atoms with Crippen LogP contribution in [0.15, 0.2) is 22.1 Å². The maximum Gasteiger partial charge on any atom is 0.255 e. The van der Waals surface area contributed by atoms with E-state index < -0.39 is 0 Å². The molecule has 1 spiro atoms. The van der Waals surface area contributed by atoms with E-state index in [1.807, 2.05) is 0 Å². The molecule has 1 aliphatic carbocycles. The highest BCUT2D eigenvalue weighted by Gasteiger charge is 2.45. The number of hydrogen-bond acceptors (Lipinski definition) is 6. The highest BCUT2D eigenvalue weighted by molar-refractivity contribution is 7.99. The van der Waals surface area contributed by atoms with Crippen molar-refractivity contribution in [1.82, 2.24) is 10.3 Å². The highest BCUT2D eigenvalue weighted by Crippen LogP contribution is 2.42. The fourth-order valence-corrected chi connectivity index (χ4v) is 4.11. The predicted molar refractivity (Wildman–Crippen MR) is 72.1 cm³/mol. The van der Waals surface area contributed by atoms with Gasteiger partial charge in [0.15, 0.2) is 5.79 Å². The van der Waals surface area contributed by atoms with Crippen LogP contribution in [-0.2, 0) is 9.47 Å². The van der Waals surface area contributed by atoms with Crippen LogP contribution in [0.2, 0.25) is 0 Å². The summed E-state index contributed by atoms with van der Waals surface area (Å²) in [6.45, 7) is 4.53. The number of ether oxygens (including phenoxy) is 2. The summed E-state index contributed by atoms with van der Waals surface area (Å²) in [5.41, 5.74) is 0. The monoisotopic (exact) mass is 284 g/mol. The van der Waals surface area contributed by atoms with Gasteiger partial charge in [0.1, 0.15) is 6.26 Å². The number of nitrogens with zero attached hydrogens (tertiary/aromatic N) is 1. The van der Waals surface area contributed by atoms with Crippen molar-refractivity contribution in [3.05, 3.63) is 12.5 Å². The van der Waals surface area contributed by atoms with E-state index in [1.54, 1.807) is 24.2 Å². The molecule has 19 heavy (non-hydrogen) atoms. The SMILES string of the molecule is CCNC1CCC2(CC1Sc1ncco1)OCCO2. The van der Waals surface area contributed by atoms with Crippen LogP contribution in [0.25, 0.3) is 0 Å². The lowest BCUT2D eigenvalue weighted by atomic mass is 9.89. The van der Waals surface area contributed by atoms with Crippen molar-refractivity contribution in [2.24, 2.45) is 0 Å². The van der Waals surface area contributed by atoms with Gasteiger partial charge in [-0.15, -0.1) is 0 Å². The molecule has 0 radical (unpaired) electrons. The molecule has 106 valence electrons. The zero-order valence-corrected chi connectivity index (χ0v) is 11.9. The Morgan fingerprint density at radius 3 is 3.00 bits per heavy atom. The normalized spacial score (nSPS) is 29.9. The Morgan fingerprint density at radius 1 is 1.47 bits per heavy atom. The standard InChI is InChI=1S/C13H20N2O3S/c1-2-14-10-3-4-13(17-7-8-18-13)9-11(10)19-12-15-5-6-16-12/h5-6,10-11,14H,2-4,7-9H2,1H3. The zero-order chi connectivity index (χ0) is 13.1. The quantitative estimate of drug-likeness (QED) is 0.913. The van der Waals surface area contributed by atoms with Gasteiger partial charge in [0, 0.05) is 24.1 Å². The first-order valence-electron chi connectivity index (χ1n) is 6.89. The Kier molecular flexibility index (Phi) is 4.12. The number of aromatic nitrogens is 1. The third-order valence-corrected chi connectivity index (χ3v) is 4.94. The molecule has 2 heterocycles. The fraction of sp³-hybridized carbons (Fsp3) is 0.769. The maximum atomic E-state index is 5.84. The van der Waals surface area contributed by atoms with Crippen LogP contribution in [0.5, 0.6) is 0 Å². The van der Waals surface area contributed by atoms with Crippen LogP contribution >= 0.6 is 11.8 Å². The lowest BCUT2D eigenvalue weighted by Gasteiger charge is -2.40. The van der Waals surface area contributed by atoms with Gasteiger partial charge in [0.05, 0.1) is 19.4 Å². The molecule has 2 fully saturated rings. The number of hydrogen-bond donors (Lipinski definition) is 1. The second kappa shape index (κ2) is 5.83. The summed E-state index contributed by atoms with van der Waals surface area (Å²) < 4.78 is 17.0. The molecule has 1 saturated heterocycles. The fourth-order valence-electron chi connectivity index (χ4n) is 2.89. The zero-order valence-electron chi connectivity index (χ0n) is 11.1. The summed E-state index contributed by atoms with van der Waals surface area (Å²) in [4.78, 5) is 4.21. The number of thioether (sulfide) groups is 1. The van der Waals surface area contributed by atoms with Crippen molar-refractivity contribution < 1.29 is 13.9 Å². The van der Waals surface area contributed by atoms with E-state index in [0.29, 0.717) is 24.5 Å². The van der Waals surface area contributed by atoms with Gasteiger partial charge in [0.2, 0.25) is 0 Å². The van der Waals surface area contributed by atoms with Crippen LogP contribution in [-0.4, -0.2) is 41.8 Å². The Bertz CT molecular complexity index is 393. The average molecular weight is 284 g/mol. The van der Waals surface area contributed by atoms with Crippen molar-refractivity contribution in [3.63, 3.8) is 0 Å². The van der Waals surface area contributed by atoms with E-state index in [1.165, 1.54) is 0 Å². The summed E-state index contributed by atoms with van der Waals surface area (Å²) in [5, 5.41) is 4.64. The third kappa shape index (κ3) is 2.97. The van der Waals surface area contributed by atoms with Crippen molar-refractivity contribution in [3.8, 4) is 0 Å². The van der Waals surface area contributed by atoms with Crippen LogP contribution in [0.3, 0.4) is 0 Å². The predicted octanol–water partition coefficient (Wildman–Crippen LogP) is 2.04. The molecule has 0 bridgehead atoms.